The predicted molar refractivity (Wildman–Crippen MR) is 466 cm³/mol. The van der Waals surface area contributed by atoms with E-state index < -0.39 is 24.0 Å². The highest BCUT2D eigenvalue weighted by Gasteiger charge is 2.38. The molecule has 109 heavy (non-hydrogen) atoms. The first kappa shape index (κ1) is 107. The minimum Gasteiger partial charge on any atom is -0.465 e. The molecule has 0 aliphatic carbocycles. The minimum absolute atomic E-state index is 0.190. The summed E-state index contributed by atoms with van der Waals surface area (Å²) in [6.07, 6.45) is 97.9. The highest BCUT2D eigenvalue weighted by molar-refractivity contribution is 5.70. The van der Waals surface area contributed by atoms with Crippen molar-refractivity contribution < 1.29 is 53.1 Å². The number of esters is 4. The Balaban J connectivity index is 5.56. The van der Waals surface area contributed by atoms with Crippen LogP contribution in [0.15, 0.2) is 0 Å². The molecule has 0 bridgehead atoms. The Morgan fingerprint density at radius 3 is 0.394 bits per heavy atom. The average Bonchev–Trinajstić information content (AvgIpc) is 0.850. The summed E-state index contributed by atoms with van der Waals surface area (Å²) in [6, 6.07) is 0. The number of carbonyl (C=O) groups excluding carboxylic acids is 4. The maximum Gasteiger partial charge on any atom is 0.305 e. The summed E-state index contributed by atoms with van der Waals surface area (Å²) in [4.78, 5) is 53.6. The van der Waals surface area contributed by atoms with Crippen LogP contribution in [0.4, 0.5) is 0 Å². The Morgan fingerprint density at radius 1 is 0.174 bits per heavy atom. The third kappa shape index (κ3) is 79.4. The molecule has 0 atom stereocenters. The van der Waals surface area contributed by atoms with Crippen LogP contribution in [0.1, 0.15) is 541 Å². The fraction of sp³-hybridized carbons (Fsp3) is 0.959. The lowest BCUT2D eigenvalue weighted by molar-refractivity contribution is -0.168. The summed E-state index contributed by atoms with van der Waals surface area (Å²) in [7, 11) is 0. The van der Waals surface area contributed by atoms with Gasteiger partial charge in [-0.1, -0.05) is 490 Å². The maximum atomic E-state index is 13.4. The van der Waals surface area contributed by atoms with Gasteiger partial charge in [0.25, 0.3) is 0 Å². The molecule has 0 amide bonds. The van der Waals surface area contributed by atoms with E-state index in [0.29, 0.717) is 25.7 Å². The van der Waals surface area contributed by atoms with E-state index in [4.69, 9.17) is 23.7 Å². The second-order valence-corrected chi connectivity index (χ2v) is 34.9. The molecule has 11 heteroatoms. The van der Waals surface area contributed by atoms with E-state index in [9.17, 15) is 29.4 Å². The molecule has 0 saturated heterocycles. The van der Waals surface area contributed by atoms with Gasteiger partial charge in [-0.2, -0.15) is 0 Å². The number of hydrogen-bond donors (Lipinski definition) is 2. The van der Waals surface area contributed by atoms with Crippen LogP contribution in [0, 0.1) is 10.8 Å². The van der Waals surface area contributed by atoms with Crippen LogP contribution >= 0.6 is 0 Å². The SMILES string of the molecule is CCCCCCCCCCCCCCCCCCCCCC(=O)OCC(CO)(COCC(CO)(COC(=O)CCCCCCCCCCCCCCCCCCCCC)COC(=O)CCCCCCCCCCCCCCCCCCCCC)COC(=O)CCCCCCCCCCCCCCCCCCCCC. The first-order chi connectivity index (χ1) is 53.6. The molecule has 0 heterocycles. The van der Waals surface area contributed by atoms with Gasteiger partial charge < -0.3 is 33.9 Å². The fourth-order valence-corrected chi connectivity index (χ4v) is 15.6. The van der Waals surface area contributed by atoms with Crippen LogP contribution in [-0.2, 0) is 42.9 Å². The van der Waals surface area contributed by atoms with E-state index in [1.54, 1.807) is 0 Å². The van der Waals surface area contributed by atoms with E-state index in [2.05, 4.69) is 27.7 Å². The molecule has 648 valence electrons. The van der Waals surface area contributed by atoms with E-state index in [1.165, 1.54) is 385 Å². The average molecular weight is 1540 g/mol. The van der Waals surface area contributed by atoms with Gasteiger partial charge in [-0.3, -0.25) is 19.2 Å². The van der Waals surface area contributed by atoms with Crippen molar-refractivity contribution >= 4 is 23.9 Å². The van der Waals surface area contributed by atoms with Crippen molar-refractivity contribution in [2.75, 3.05) is 52.9 Å². The van der Waals surface area contributed by atoms with Crippen LogP contribution in [0.25, 0.3) is 0 Å². The molecular formula is C98H190O11. The van der Waals surface area contributed by atoms with Crippen LogP contribution in [0.3, 0.4) is 0 Å². The van der Waals surface area contributed by atoms with Gasteiger partial charge in [0.2, 0.25) is 0 Å². The molecule has 0 aromatic heterocycles. The van der Waals surface area contributed by atoms with Gasteiger partial charge in [-0.25, -0.2) is 0 Å². The molecule has 0 fully saturated rings. The molecule has 0 spiro atoms. The quantitative estimate of drug-likeness (QED) is 0.0340. The lowest BCUT2D eigenvalue weighted by atomic mass is 9.90. The zero-order chi connectivity index (χ0) is 79.1. The smallest absolute Gasteiger partial charge is 0.305 e. The van der Waals surface area contributed by atoms with Gasteiger partial charge >= 0.3 is 23.9 Å². The second kappa shape index (κ2) is 88.1. The van der Waals surface area contributed by atoms with E-state index >= 15 is 0 Å². The van der Waals surface area contributed by atoms with Crippen molar-refractivity contribution in [2.45, 2.75) is 541 Å². The number of carbonyl (C=O) groups is 4. The summed E-state index contributed by atoms with van der Waals surface area (Å²) >= 11 is 0. The summed E-state index contributed by atoms with van der Waals surface area (Å²) in [6.45, 7) is 6.82. The number of unbranched alkanes of at least 4 members (excludes halogenated alkanes) is 72. The van der Waals surface area contributed by atoms with Crippen LogP contribution < -0.4 is 0 Å². The number of aliphatic hydroxyl groups excluding tert-OH is 2. The second-order valence-electron chi connectivity index (χ2n) is 34.9. The van der Waals surface area contributed by atoms with Crippen molar-refractivity contribution in [2.24, 2.45) is 10.8 Å². The molecule has 0 radical (unpaired) electrons. The van der Waals surface area contributed by atoms with E-state index in [0.717, 1.165) is 77.0 Å². The summed E-state index contributed by atoms with van der Waals surface area (Å²) in [5.41, 5.74) is -2.61. The lowest BCUT2D eigenvalue weighted by Gasteiger charge is -2.34. The molecule has 0 aromatic carbocycles. The molecular weight excluding hydrogens is 1350 g/mol. The van der Waals surface area contributed by atoms with Crippen molar-refractivity contribution in [3.8, 4) is 0 Å². The molecule has 0 rings (SSSR count). The monoisotopic (exact) mass is 1540 g/mol. The first-order valence-electron chi connectivity index (χ1n) is 49.1. The molecule has 0 aromatic rings. The third-order valence-corrected chi connectivity index (χ3v) is 23.6. The Hall–Kier alpha value is -2.24. The van der Waals surface area contributed by atoms with Crippen LogP contribution in [0.2, 0.25) is 0 Å². The Bertz CT molecular complexity index is 1600. The van der Waals surface area contributed by atoms with Crippen molar-refractivity contribution in [3.05, 3.63) is 0 Å². The topological polar surface area (TPSA) is 155 Å². The minimum atomic E-state index is -1.31. The predicted octanol–water partition coefficient (Wildman–Crippen LogP) is 30.4. The molecule has 0 aliphatic heterocycles. The molecule has 0 unspecified atom stereocenters. The van der Waals surface area contributed by atoms with E-state index in [-0.39, 0.29) is 89.2 Å². The van der Waals surface area contributed by atoms with Crippen molar-refractivity contribution in [3.63, 3.8) is 0 Å². The van der Waals surface area contributed by atoms with Crippen LogP contribution in [0.5, 0.6) is 0 Å². The zero-order valence-electron chi connectivity index (χ0n) is 73.8. The molecule has 0 aliphatic rings. The number of rotatable bonds is 94. The van der Waals surface area contributed by atoms with Crippen LogP contribution in [-0.4, -0.2) is 86.9 Å². The van der Waals surface area contributed by atoms with Crippen molar-refractivity contribution in [1.29, 1.82) is 0 Å². The van der Waals surface area contributed by atoms with Gasteiger partial charge in [0.05, 0.1) is 37.3 Å². The van der Waals surface area contributed by atoms with Crippen molar-refractivity contribution in [1.82, 2.24) is 0 Å². The highest BCUT2D eigenvalue weighted by Crippen LogP contribution is 2.28. The Labute approximate surface area is 678 Å². The first-order valence-corrected chi connectivity index (χ1v) is 49.1. The maximum absolute atomic E-state index is 13.4. The zero-order valence-corrected chi connectivity index (χ0v) is 73.8. The normalized spacial score (nSPS) is 11.9. The van der Waals surface area contributed by atoms with Gasteiger partial charge in [-0.15, -0.1) is 0 Å². The fourth-order valence-electron chi connectivity index (χ4n) is 15.6. The van der Waals surface area contributed by atoms with Gasteiger partial charge in [0.15, 0.2) is 0 Å². The standard InChI is InChI=1S/C98H190O11/c1-5-9-13-17-21-25-29-33-37-41-45-49-53-57-61-65-69-73-77-81-93(101)106-89-97(85-99,90-107-94(102)82-78-74-70-66-62-58-54-50-46-42-38-34-30-26-22-18-14-10-6-2)87-105-88-98(86-100,91-108-95(103)83-79-75-71-67-63-59-55-51-47-43-39-35-31-27-23-19-15-11-7-3)92-109-96(104)84-80-76-72-68-64-60-56-52-48-44-40-36-32-28-24-20-16-12-8-4/h99-100H,5-92H2,1-4H3. The molecule has 2 N–H and O–H groups in total. The number of aliphatic hydroxyl groups is 2. The van der Waals surface area contributed by atoms with E-state index in [1.807, 2.05) is 0 Å². The Morgan fingerprint density at radius 2 is 0.284 bits per heavy atom. The van der Waals surface area contributed by atoms with Gasteiger partial charge in [0, 0.05) is 25.7 Å². The molecule has 0 saturated carbocycles. The summed E-state index contributed by atoms with van der Waals surface area (Å²) < 4.78 is 30.0. The summed E-state index contributed by atoms with van der Waals surface area (Å²) in [5.74, 6) is -1.49. The van der Waals surface area contributed by atoms with Gasteiger partial charge in [0.1, 0.15) is 26.4 Å². The summed E-state index contributed by atoms with van der Waals surface area (Å²) in [5, 5.41) is 22.4. The number of ether oxygens (including phenoxy) is 5. The highest BCUT2D eigenvalue weighted by atomic mass is 16.6. The Kier molecular flexibility index (Phi) is 86.3. The number of hydrogen-bond acceptors (Lipinski definition) is 11. The third-order valence-electron chi connectivity index (χ3n) is 23.6. The van der Waals surface area contributed by atoms with Gasteiger partial charge in [-0.05, 0) is 25.7 Å². The largest absolute Gasteiger partial charge is 0.465 e. The molecule has 11 nitrogen and oxygen atoms in total. The lowest BCUT2D eigenvalue weighted by Crippen LogP contribution is -2.46.